The van der Waals surface area contributed by atoms with Crippen molar-refractivity contribution in [3.8, 4) is 5.75 Å². The van der Waals surface area contributed by atoms with Gasteiger partial charge in [0.25, 0.3) is 0 Å². The topological polar surface area (TPSA) is 60.2 Å². The summed E-state index contributed by atoms with van der Waals surface area (Å²) in [5.41, 5.74) is 3.35. The molecule has 0 radical (unpaired) electrons. The van der Waals surface area contributed by atoms with E-state index in [4.69, 9.17) is 10.6 Å². The Labute approximate surface area is 121 Å². The van der Waals surface area contributed by atoms with Crippen molar-refractivity contribution in [2.45, 2.75) is 6.61 Å². The SMILES string of the molecule is NNc1nccc2cc(OCc3cccc(F)c3)ccc12. The van der Waals surface area contributed by atoms with Gasteiger partial charge in [-0.05, 0) is 47.3 Å². The van der Waals surface area contributed by atoms with Crippen LogP contribution in [-0.2, 0) is 6.61 Å². The molecule has 106 valence electrons. The van der Waals surface area contributed by atoms with Crippen LogP contribution in [0.2, 0.25) is 0 Å². The molecule has 0 unspecified atom stereocenters. The van der Waals surface area contributed by atoms with E-state index in [-0.39, 0.29) is 5.82 Å². The maximum absolute atomic E-state index is 13.1. The first-order valence-electron chi connectivity index (χ1n) is 6.49. The second-order valence-electron chi connectivity index (χ2n) is 4.61. The van der Waals surface area contributed by atoms with Crippen molar-refractivity contribution in [1.29, 1.82) is 0 Å². The van der Waals surface area contributed by atoms with E-state index in [0.717, 1.165) is 16.3 Å². The summed E-state index contributed by atoms with van der Waals surface area (Å²) in [6.45, 7) is 0.316. The van der Waals surface area contributed by atoms with E-state index < -0.39 is 0 Å². The summed E-state index contributed by atoms with van der Waals surface area (Å²) < 4.78 is 18.8. The van der Waals surface area contributed by atoms with Crippen molar-refractivity contribution in [3.05, 3.63) is 66.1 Å². The smallest absolute Gasteiger partial charge is 0.147 e. The molecule has 0 aliphatic carbocycles. The average Bonchev–Trinajstić information content (AvgIpc) is 2.52. The third-order valence-corrected chi connectivity index (χ3v) is 3.17. The van der Waals surface area contributed by atoms with Gasteiger partial charge in [-0.15, -0.1) is 0 Å². The zero-order valence-corrected chi connectivity index (χ0v) is 11.2. The number of hydrazine groups is 1. The summed E-state index contributed by atoms with van der Waals surface area (Å²) in [4.78, 5) is 4.14. The number of nitrogens with one attached hydrogen (secondary N) is 1. The first-order chi connectivity index (χ1) is 10.3. The van der Waals surface area contributed by atoms with Crippen molar-refractivity contribution in [3.63, 3.8) is 0 Å². The van der Waals surface area contributed by atoms with Gasteiger partial charge in [-0.25, -0.2) is 15.2 Å². The Morgan fingerprint density at radius 3 is 2.86 bits per heavy atom. The molecule has 4 nitrogen and oxygen atoms in total. The number of aromatic nitrogens is 1. The fraction of sp³-hybridized carbons (Fsp3) is 0.0625. The maximum atomic E-state index is 13.1. The van der Waals surface area contributed by atoms with Crippen LogP contribution < -0.4 is 16.0 Å². The predicted octanol–water partition coefficient (Wildman–Crippen LogP) is 3.24. The Bertz CT molecular complexity index is 776. The molecule has 0 spiro atoms. The third kappa shape index (κ3) is 2.93. The second-order valence-corrected chi connectivity index (χ2v) is 4.61. The first-order valence-corrected chi connectivity index (χ1v) is 6.49. The van der Waals surface area contributed by atoms with Crippen LogP contribution >= 0.6 is 0 Å². The summed E-state index contributed by atoms with van der Waals surface area (Å²) >= 11 is 0. The molecule has 0 bridgehead atoms. The average molecular weight is 283 g/mol. The van der Waals surface area contributed by atoms with Gasteiger partial charge in [0.05, 0.1) is 0 Å². The molecule has 0 fully saturated rings. The number of benzene rings is 2. The zero-order chi connectivity index (χ0) is 14.7. The highest BCUT2D eigenvalue weighted by Gasteiger charge is 2.03. The largest absolute Gasteiger partial charge is 0.489 e. The summed E-state index contributed by atoms with van der Waals surface area (Å²) in [5.74, 6) is 6.48. The minimum Gasteiger partial charge on any atom is -0.489 e. The van der Waals surface area contributed by atoms with Crippen LogP contribution in [0.3, 0.4) is 0 Å². The van der Waals surface area contributed by atoms with Crippen LogP contribution in [0.15, 0.2) is 54.7 Å². The van der Waals surface area contributed by atoms with Crippen molar-refractivity contribution in [2.24, 2.45) is 5.84 Å². The van der Waals surface area contributed by atoms with Gasteiger partial charge < -0.3 is 10.2 Å². The Morgan fingerprint density at radius 1 is 1.14 bits per heavy atom. The number of nitrogen functional groups attached to an aromatic ring is 1. The fourth-order valence-electron chi connectivity index (χ4n) is 2.15. The van der Waals surface area contributed by atoms with E-state index in [2.05, 4.69) is 10.4 Å². The predicted molar refractivity (Wildman–Crippen MR) is 80.3 cm³/mol. The number of rotatable bonds is 4. The molecule has 1 aromatic heterocycles. The van der Waals surface area contributed by atoms with Crippen LogP contribution in [0.5, 0.6) is 5.75 Å². The number of nitrogens with two attached hydrogens (primary N) is 1. The summed E-state index contributed by atoms with van der Waals surface area (Å²) in [5, 5.41) is 1.88. The van der Waals surface area contributed by atoms with Gasteiger partial charge in [-0.2, -0.15) is 0 Å². The number of fused-ring (bicyclic) bond motifs is 1. The van der Waals surface area contributed by atoms with Crippen molar-refractivity contribution in [1.82, 2.24) is 4.98 Å². The lowest BCUT2D eigenvalue weighted by atomic mass is 10.1. The van der Waals surface area contributed by atoms with Crippen LogP contribution in [0.1, 0.15) is 5.56 Å². The lowest BCUT2D eigenvalue weighted by molar-refractivity contribution is 0.306. The summed E-state index contributed by atoms with van der Waals surface area (Å²) in [7, 11) is 0. The number of ether oxygens (including phenoxy) is 1. The molecule has 0 aliphatic rings. The van der Waals surface area contributed by atoms with E-state index >= 15 is 0 Å². The lowest BCUT2D eigenvalue weighted by Crippen LogP contribution is -2.08. The molecule has 3 N–H and O–H groups in total. The van der Waals surface area contributed by atoms with Gasteiger partial charge in [-0.3, -0.25) is 0 Å². The maximum Gasteiger partial charge on any atom is 0.147 e. The molecule has 0 amide bonds. The van der Waals surface area contributed by atoms with Gasteiger partial charge in [0.2, 0.25) is 0 Å². The second kappa shape index (κ2) is 5.76. The van der Waals surface area contributed by atoms with Gasteiger partial charge >= 0.3 is 0 Å². The highest BCUT2D eigenvalue weighted by molar-refractivity contribution is 5.92. The Balaban J connectivity index is 1.82. The van der Waals surface area contributed by atoms with Gasteiger partial charge in [0.15, 0.2) is 0 Å². The van der Waals surface area contributed by atoms with Crippen LogP contribution in [0.25, 0.3) is 10.8 Å². The molecule has 1 heterocycles. The highest BCUT2D eigenvalue weighted by atomic mass is 19.1. The molecule has 3 rings (SSSR count). The number of halogens is 1. The Hall–Kier alpha value is -2.66. The minimum absolute atomic E-state index is 0.264. The summed E-state index contributed by atoms with van der Waals surface area (Å²) in [6.07, 6.45) is 1.67. The van der Waals surface area contributed by atoms with Crippen LogP contribution in [0, 0.1) is 5.82 Å². The molecule has 5 heteroatoms. The molecule has 0 saturated heterocycles. The number of hydrogen-bond acceptors (Lipinski definition) is 4. The highest BCUT2D eigenvalue weighted by Crippen LogP contribution is 2.25. The van der Waals surface area contributed by atoms with Crippen molar-refractivity contribution in [2.75, 3.05) is 5.43 Å². The van der Waals surface area contributed by atoms with Crippen LogP contribution in [-0.4, -0.2) is 4.98 Å². The molecule has 21 heavy (non-hydrogen) atoms. The third-order valence-electron chi connectivity index (χ3n) is 3.17. The zero-order valence-electron chi connectivity index (χ0n) is 11.2. The van der Waals surface area contributed by atoms with Crippen molar-refractivity contribution < 1.29 is 9.13 Å². The lowest BCUT2D eigenvalue weighted by Gasteiger charge is -2.09. The standard InChI is InChI=1S/C16H14FN3O/c17-13-3-1-2-11(8-13)10-21-14-4-5-15-12(9-14)6-7-19-16(15)20-18/h1-9H,10,18H2,(H,19,20). The number of nitrogens with zero attached hydrogens (tertiary/aromatic N) is 1. The Kier molecular flexibility index (Phi) is 3.66. The fourth-order valence-corrected chi connectivity index (χ4v) is 2.15. The number of pyridine rings is 1. The van der Waals surface area contributed by atoms with E-state index in [1.165, 1.54) is 12.1 Å². The first kappa shape index (κ1) is 13.3. The van der Waals surface area contributed by atoms with Gasteiger partial charge in [0, 0.05) is 11.6 Å². The summed E-state index contributed by atoms with van der Waals surface area (Å²) in [6, 6.07) is 13.9. The normalized spacial score (nSPS) is 10.6. The van der Waals surface area contributed by atoms with Crippen LogP contribution in [0.4, 0.5) is 10.2 Å². The molecule has 0 saturated carbocycles. The van der Waals surface area contributed by atoms with E-state index in [1.807, 2.05) is 30.3 Å². The molecule has 2 aromatic carbocycles. The van der Waals surface area contributed by atoms with E-state index in [1.54, 1.807) is 12.3 Å². The van der Waals surface area contributed by atoms with E-state index in [0.29, 0.717) is 18.2 Å². The number of hydrogen-bond donors (Lipinski definition) is 2. The monoisotopic (exact) mass is 283 g/mol. The van der Waals surface area contributed by atoms with Crippen molar-refractivity contribution >= 4 is 16.6 Å². The molecule has 0 atom stereocenters. The van der Waals surface area contributed by atoms with E-state index in [9.17, 15) is 4.39 Å². The minimum atomic E-state index is -0.264. The molecule has 0 aliphatic heterocycles. The van der Waals surface area contributed by atoms with Gasteiger partial charge in [-0.1, -0.05) is 12.1 Å². The Morgan fingerprint density at radius 2 is 2.05 bits per heavy atom. The molecule has 3 aromatic rings. The van der Waals surface area contributed by atoms with Gasteiger partial charge in [0.1, 0.15) is 24.0 Å². The molecular weight excluding hydrogens is 269 g/mol. The number of anilines is 1. The quantitative estimate of drug-likeness (QED) is 0.570. The molecular formula is C16H14FN3O.